The summed E-state index contributed by atoms with van der Waals surface area (Å²) in [7, 11) is 0. The quantitative estimate of drug-likeness (QED) is 0.191. The second kappa shape index (κ2) is 10.7. The normalized spacial score (nSPS) is 13.3. The van der Waals surface area contributed by atoms with Crippen molar-refractivity contribution in [3.05, 3.63) is 204 Å². The van der Waals surface area contributed by atoms with Crippen molar-refractivity contribution in [2.75, 3.05) is 0 Å². The minimum absolute atomic E-state index is 0.437. The minimum atomic E-state index is -0.437. The van der Waals surface area contributed by atoms with Crippen LogP contribution < -0.4 is 0 Å². The second-order valence-electron chi connectivity index (χ2n) is 13.7. The van der Waals surface area contributed by atoms with E-state index in [0.717, 1.165) is 33.9 Å². The summed E-state index contributed by atoms with van der Waals surface area (Å²) < 4.78 is 0. The van der Waals surface area contributed by atoms with Crippen LogP contribution >= 0.6 is 0 Å². The summed E-state index contributed by atoms with van der Waals surface area (Å²) >= 11 is 0. The van der Waals surface area contributed by atoms with E-state index in [1.807, 2.05) is 12.1 Å². The summed E-state index contributed by atoms with van der Waals surface area (Å²) in [5, 5.41) is 4.96. The Morgan fingerprint density at radius 3 is 1.55 bits per heavy atom. The van der Waals surface area contributed by atoms with Crippen LogP contribution in [0, 0.1) is 0 Å². The molecule has 0 atom stereocenters. The van der Waals surface area contributed by atoms with Gasteiger partial charge in [-0.1, -0.05) is 158 Å². The van der Waals surface area contributed by atoms with Crippen LogP contribution in [0.15, 0.2) is 182 Å². The fourth-order valence-corrected chi connectivity index (χ4v) is 8.89. The standard InChI is InChI=1S/C49H30N2/c1-3-13-31(14-4-1)45-30-46(32-15-5-2-6-16-32)51-48(50-45)36-24-25-37-35(27-36)23-26-40-41-28-33-17-7-8-18-34(33)29-44(41)49(47(37)40)42-21-11-9-19-38(42)39-20-10-12-22-43(39)49/h1-30H. The van der Waals surface area contributed by atoms with Gasteiger partial charge in [-0.25, -0.2) is 9.97 Å². The first-order chi connectivity index (χ1) is 25.3. The third-order valence-corrected chi connectivity index (χ3v) is 11.1. The van der Waals surface area contributed by atoms with Crippen molar-refractivity contribution in [2.24, 2.45) is 0 Å². The van der Waals surface area contributed by atoms with Crippen LogP contribution in [0.25, 0.3) is 77.7 Å². The molecule has 0 saturated carbocycles. The molecule has 0 aliphatic heterocycles. The van der Waals surface area contributed by atoms with Crippen LogP contribution in [0.4, 0.5) is 0 Å². The molecule has 2 aliphatic carbocycles. The van der Waals surface area contributed by atoms with E-state index < -0.39 is 5.41 Å². The molecule has 2 nitrogen and oxygen atoms in total. The number of hydrogen-bond acceptors (Lipinski definition) is 2. The summed E-state index contributed by atoms with van der Waals surface area (Å²) in [6.45, 7) is 0. The topological polar surface area (TPSA) is 25.8 Å². The summed E-state index contributed by atoms with van der Waals surface area (Å²) in [5.41, 5.74) is 15.2. The van der Waals surface area contributed by atoms with Crippen LogP contribution in [0.2, 0.25) is 0 Å². The predicted molar refractivity (Wildman–Crippen MR) is 210 cm³/mol. The molecule has 9 aromatic rings. The molecule has 1 spiro atoms. The number of aromatic nitrogens is 2. The predicted octanol–water partition coefficient (Wildman–Crippen LogP) is 12.1. The fourth-order valence-electron chi connectivity index (χ4n) is 8.89. The van der Waals surface area contributed by atoms with Gasteiger partial charge in [-0.15, -0.1) is 0 Å². The van der Waals surface area contributed by atoms with E-state index >= 15 is 0 Å². The van der Waals surface area contributed by atoms with Crippen molar-refractivity contribution in [1.82, 2.24) is 9.97 Å². The zero-order chi connectivity index (χ0) is 33.5. The van der Waals surface area contributed by atoms with Crippen LogP contribution in [-0.2, 0) is 5.41 Å². The first-order valence-electron chi connectivity index (χ1n) is 17.6. The van der Waals surface area contributed by atoms with E-state index in [4.69, 9.17) is 9.97 Å². The third-order valence-electron chi connectivity index (χ3n) is 11.1. The van der Waals surface area contributed by atoms with Gasteiger partial charge in [0.1, 0.15) is 0 Å². The van der Waals surface area contributed by atoms with E-state index in [9.17, 15) is 0 Å². The molecule has 0 fully saturated rings. The van der Waals surface area contributed by atoms with E-state index in [2.05, 4.69) is 170 Å². The van der Waals surface area contributed by atoms with Gasteiger partial charge in [-0.2, -0.15) is 0 Å². The first kappa shape index (κ1) is 28.2. The molecule has 2 aliphatic rings. The molecule has 1 aromatic heterocycles. The van der Waals surface area contributed by atoms with Gasteiger partial charge in [0.15, 0.2) is 5.82 Å². The zero-order valence-corrected chi connectivity index (χ0v) is 27.7. The lowest BCUT2D eigenvalue weighted by atomic mass is 9.69. The molecule has 0 unspecified atom stereocenters. The lowest BCUT2D eigenvalue weighted by molar-refractivity contribution is 0.802. The van der Waals surface area contributed by atoms with Crippen molar-refractivity contribution in [3.8, 4) is 56.2 Å². The number of hydrogen-bond donors (Lipinski definition) is 0. The van der Waals surface area contributed by atoms with Crippen LogP contribution in [-0.4, -0.2) is 9.97 Å². The monoisotopic (exact) mass is 646 g/mol. The molecule has 2 heteroatoms. The number of rotatable bonds is 3. The molecule has 0 bridgehead atoms. The molecule has 0 amide bonds. The number of nitrogens with zero attached hydrogens (tertiary/aromatic N) is 2. The molecule has 0 radical (unpaired) electrons. The molecular weight excluding hydrogens is 617 g/mol. The summed E-state index contributed by atoms with van der Waals surface area (Å²) in [4.78, 5) is 10.3. The van der Waals surface area contributed by atoms with E-state index in [0.29, 0.717) is 0 Å². The van der Waals surface area contributed by atoms with Gasteiger partial charge in [0.05, 0.1) is 16.8 Å². The maximum absolute atomic E-state index is 5.16. The number of fused-ring (bicyclic) bond motifs is 13. The number of benzene rings is 8. The van der Waals surface area contributed by atoms with Gasteiger partial charge >= 0.3 is 0 Å². The molecule has 8 aromatic carbocycles. The van der Waals surface area contributed by atoms with Crippen LogP contribution in [0.1, 0.15) is 22.3 Å². The van der Waals surface area contributed by atoms with Gasteiger partial charge < -0.3 is 0 Å². The Morgan fingerprint density at radius 2 is 0.902 bits per heavy atom. The fraction of sp³-hybridized carbons (Fsp3) is 0.0204. The van der Waals surface area contributed by atoms with Crippen LogP contribution in [0.3, 0.4) is 0 Å². The van der Waals surface area contributed by atoms with E-state index in [-0.39, 0.29) is 0 Å². The second-order valence-corrected chi connectivity index (χ2v) is 13.7. The molecule has 236 valence electrons. The highest BCUT2D eigenvalue weighted by Crippen LogP contribution is 2.64. The van der Waals surface area contributed by atoms with Crippen molar-refractivity contribution in [2.45, 2.75) is 5.41 Å². The van der Waals surface area contributed by atoms with Crippen molar-refractivity contribution >= 4 is 21.5 Å². The van der Waals surface area contributed by atoms with Gasteiger partial charge in [-0.3, -0.25) is 0 Å². The van der Waals surface area contributed by atoms with Gasteiger partial charge in [0.2, 0.25) is 0 Å². The third kappa shape index (κ3) is 3.99. The average Bonchev–Trinajstić information content (AvgIpc) is 3.67. The van der Waals surface area contributed by atoms with Gasteiger partial charge in [0.25, 0.3) is 0 Å². The Balaban J connectivity index is 1.19. The maximum atomic E-state index is 5.16. The van der Waals surface area contributed by atoms with Gasteiger partial charge in [-0.05, 0) is 90.3 Å². The summed E-state index contributed by atoms with van der Waals surface area (Å²) in [6.07, 6.45) is 0. The molecule has 0 saturated heterocycles. The Morgan fingerprint density at radius 1 is 0.333 bits per heavy atom. The highest BCUT2D eigenvalue weighted by Gasteiger charge is 2.52. The minimum Gasteiger partial charge on any atom is -0.228 e. The average molecular weight is 647 g/mol. The molecule has 11 rings (SSSR count). The zero-order valence-electron chi connectivity index (χ0n) is 27.7. The first-order valence-corrected chi connectivity index (χ1v) is 17.6. The van der Waals surface area contributed by atoms with Crippen LogP contribution in [0.5, 0.6) is 0 Å². The lowest BCUT2D eigenvalue weighted by Crippen LogP contribution is -2.26. The van der Waals surface area contributed by atoms with E-state index in [1.165, 1.54) is 66.1 Å². The summed E-state index contributed by atoms with van der Waals surface area (Å²) in [5.74, 6) is 0.721. The molecular formula is C49H30N2. The lowest BCUT2D eigenvalue weighted by Gasteiger charge is -2.31. The van der Waals surface area contributed by atoms with E-state index in [1.54, 1.807) is 0 Å². The SMILES string of the molecule is c1ccc(-c2cc(-c3ccccc3)nc(-c3ccc4c5c(ccc4c3)-c3cc4ccccc4cc3C53c4ccccc4-c4ccccc43)n2)cc1. The van der Waals surface area contributed by atoms with Crippen molar-refractivity contribution in [1.29, 1.82) is 0 Å². The smallest absolute Gasteiger partial charge is 0.160 e. The molecule has 51 heavy (non-hydrogen) atoms. The molecule has 1 heterocycles. The largest absolute Gasteiger partial charge is 0.228 e. The highest BCUT2D eigenvalue weighted by atomic mass is 14.9. The Labute approximate surface area is 296 Å². The van der Waals surface area contributed by atoms with Crippen molar-refractivity contribution < 1.29 is 0 Å². The summed E-state index contributed by atoms with van der Waals surface area (Å²) in [6, 6.07) is 66.1. The molecule has 0 N–H and O–H groups in total. The highest BCUT2D eigenvalue weighted by molar-refractivity contribution is 6.06. The Kier molecular flexibility index (Phi) is 5.91. The Hall–Kier alpha value is -6.64. The Bertz CT molecular complexity index is 2750. The maximum Gasteiger partial charge on any atom is 0.160 e. The van der Waals surface area contributed by atoms with Crippen molar-refractivity contribution in [3.63, 3.8) is 0 Å². The van der Waals surface area contributed by atoms with Gasteiger partial charge in [0, 0.05) is 16.7 Å².